The molecule has 0 aliphatic rings. The van der Waals surface area contributed by atoms with Crippen LogP contribution in [0.15, 0.2) is 59.6 Å². The Hall–Kier alpha value is -2.49. The monoisotopic (exact) mass is 325 g/mol. The number of hydrogen-bond donors (Lipinski definition) is 1. The minimum atomic E-state index is 0.489. The number of likely N-dealkylation sites (N-methyl/N-ethyl adjacent to an activating group) is 1. The van der Waals surface area contributed by atoms with Gasteiger partial charge in [-0.2, -0.15) is 0 Å². The summed E-state index contributed by atoms with van der Waals surface area (Å²) in [5, 5.41) is 0. The normalized spacial score (nSPS) is 12.7. The fraction of sp³-hybridized carbons (Fsp3) is 0.350. The zero-order chi connectivity index (χ0) is 17.4. The van der Waals surface area contributed by atoms with E-state index in [0.29, 0.717) is 25.0 Å². The van der Waals surface area contributed by atoms with Gasteiger partial charge in [-0.25, -0.2) is 4.99 Å². The second-order valence-corrected chi connectivity index (χ2v) is 5.95. The SMILES string of the molecule is CCC(C)c1ccc(N=C(N)N(C)CCOc2ccccc2)cc1. The van der Waals surface area contributed by atoms with Crippen LogP contribution >= 0.6 is 0 Å². The molecule has 0 radical (unpaired) electrons. The van der Waals surface area contributed by atoms with Crippen LogP contribution in [-0.4, -0.2) is 31.1 Å². The van der Waals surface area contributed by atoms with E-state index in [1.807, 2.05) is 54.4 Å². The standard InChI is InChI=1S/C20H27N3O/c1-4-16(2)17-10-12-18(13-11-17)22-20(21)23(3)14-15-24-19-8-6-5-7-9-19/h5-13,16H,4,14-15H2,1-3H3,(H2,21,22). The van der Waals surface area contributed by atoms with Gasteiger partial charge in [0.15, 0.2) is 5.96 Å². The van der Waals surface area contributed by atoms with E-state index in [2.05, 4.69) is 31.0 Å². The molecule has 0 aliphatic carbocycles. The van der Waals surface area contributed by atoms with E-state index in [1.54, 1.807) is 0 Å². The highest BCUT2D eigenvalue weighted by atomic mass is 16.5. The van der Waals surface area contributed by atoms with Gasteiger partial charge in [0.05, 0.1) is 12.2 Å². The predicted octanol–water partition coefficient (Wildman–Crippen LogP) is 4.16. The van der Waals surface area contributed by atoms with E-state index in [1.165, 1.54) is 5.56 Å². The highest BCUT2D eigenvalue weighted by Crippen LogP contribution is 2.21. The minimum Gasteiger partial charge on any atom is -0.492 e. The van der Waals surface area contributed by atoms with Crippen molar-refractivity contribution in [2.24, 2.45) is 10.7 Å². The molecular weight excluding hydrogens is 298 g/mol. The summed E-state index contributed by atoms with van der Waals surface area (Å²) in [5.41, 5.74) is 8.28. The van der Waals surface area contributed by atoms with E-state index in [0.717, 1.165) is 17.9 Å². The first-order valence-electron chi connectivity index (χ1n) is 8.43. The molecule has 0 aliphatic heterocycles. The van der Waals surface area contributed by atoms with E-state index in [9.17, 15) is 0 Å². The minimum absolute atomic E-state index is 0.489. The van der Waals surface area contributed by atoms with Crippen molar-refractivity contribution in [3.63, 3.8) is 0 Å². The van der Waals surface area contributed by atoms with Gasteiger partial charge in [0, 0.05) is 7.05 Å². The summed E-state index contributed by atoms with van der Waals surface area (Å²) >= 11 is 0. The topological polar surface area (TPSA) is 50.8 Å². The second-order valence-electron chi connectivity index (χ2n) is 5.95. The van der Waals surface area contributed by atoms with Gasteiger partial charge >= 0.3 is 0 Å². The molecule has 128 valence electrons. The molecule has 1 atom stereocenters. The highest BCUT2D eigenvalue weighted by Gasteiger charge is 2.05. The molecule has 24 heavy (non-hydrogen) atoms. The first-order chi connectivity index (χ1) is 11.6. The molecule has 0 fully saturated rings. The Morgan fingerprint density at radius 2 is 1.79 bits per heavy atom. The molecule has 4 nitrogen and oxygen atoms in total. The van der Waals surface area contributed by atoms with E-state index in [4.69, 9.17) is 10.5 Å². The molecule has 2 N–H and O–H groups in total. The van der Waals surface area contributed by atoms with Crippen LogP contribution in [0.25, 0.3) is 0 Å². The molecule has 1 unspecified atom stereocenters. The number of nitrogens with two attached hydrogens (primary N) is 1. The van der Waals surface area contributed by atoms with Gasteiger partial charge in [-0.3, -0.25) is 0 Å². The fourth-order valence-electron chi connectivity index (χ4n) is 2.26. The number of benzene rings is 2. The second kappa shape index (κ2) is 8.96. The first-order valence-corrected chi connectivity index (χ1v) is 8.43. The molecule has 2 aromatic rings. The lowest BCUT2D eigenvalue weighted by Gasteiger charge is -2.18. The quantitative estimate of drug-likeness (QED) is 0.614. The summed E-state index contributed by atoms with van der Waals surface area (Å²) in [5.74, 6) is 1.92. The zero-order valence-electron chi connectivity index (χ0n) is 14.8. The molecule has 2 aromatic carbocycles. The average molecular weight is 325 g/mol. The third kappa shape index (κ3) is 5.30. The Morgan fingerprint density at radius 3 is 2.42 bits per heavy atom. The average Bonchev–Trinajstić information content (AvgIpc) is 2.62. The number of ether oxygens (including phenoxy) is 1. The maximum atomic E-state index is 6.07. The van der Waals surface area contributed by atoms with Crippen molar-refractivity contribution in [3.8, 4) is 5.75 Å². The van der Waals surface area contributed by atoms with Gasteiger partial charge in [0.1, 0.15) is 12.4 Å². The van der Waals surface area contributed by atoms with E-state index in [-0.39, 0.29) is 0 Å². The van der Waals surface area contributed by atoms with Crippen LogP contribution in [0.5, 0.6) is 5.75 Å². The van der Waals surface area contributed by atoms with Crippen LogP contribution in [0, 0.1) is 0 Å². The van der Waals surface area contributed by atoms with E-state index >= 15 is 0 Å². The van der Waals surface area contributed by atoms with Crippen LogP contribution < -0.4 is 10.5 Å². The van der Waals surface area contributed by atoms with Crippen LogP contribution in [0.1, 0.15) is 31.7 Å². The molecule has 2 rings (SSSR count). The number of guanidine groups is 1. The lowest BCUT2D eigenvalue weighted by Crippen LogP contribution is -2.36. The summed E-state index contributed by atoms with van der Waals surface area (Å²) in [6, 6.07) is 18.0. The van der Waals surface area contributed by atoms with Crippen LogP contribution in [0.2, 0.25) is 0 Å². The Labute approximate surface area is 145 Å². The number of para-hydroxylation sites is 1. The van der Waals surface area contributed by atoms with Crippen molar-refractivity contribution in [1.29, 1.82) is 0 Å². The van der Waals surface area contributed by atoms with Gasteiger partial charge in [-0.15, -0.1) is 0 Å². The van der Waals surface area contributed by atoms with Crippen LogP contribution in [0.4, 0.5) is 5.69 Å². The number of hydrogen-bond acceptors (Lipinski definition) is 2. The Morgan fingerprint density at radius 1 is 1.12 bits per heavy atom. The molecule has 0 aromatic heterocycles. The van der Waals surface area contributed by atoms with Crippen LogP contribution in [-0.2, 0) is 0 Å². The first kappa shape index (κ1) is 17.9. The summed E-state index contributed by atoms with van der Waals surface area (Å²) in [7, 11) is 1.92. The van der Waals surface area contributed by atoms with Crippen molar-refractivity contribution < 1.29 is 4.74 Å². The molecule has 0 heterocycles. The van der Waals surface area contributed by atoms with Gasteiger partial charge in [0.25, 0.3) is 0 Å². The summed E-state index contributed by atoms with van der Waals surface area (Å²) in [4.78, 5) is 6.37. The van der Waals surface area contributed by atoms with Crippen molar-refractivity contribution in [2.45, 2.75) is 26.2 Å². The van der Waals surface area contributed by atoms with Gasteiger partial charge in [-0.05, 0) is 42.2 Å². The van der Waals surface area contributed by atoms with Crippen molar-refractivity contribution >= 4 is 11.6 Å². The Bertz CT molecular complexity index is 638. The predicted molar refractivity (Wildman–Crippen MR) is 101 cm³/mol. The maximum absolute atomic E-state index is 6.07. The fourth-order valence-corrected chi connectivity index (χ4v) is 2.26. The number of rotatable bonds is 7. The summed E-state index contributed by atoms with van der Waals surface area (Å²) in [6.45, 7) is 5.66. The molecular formula is C20H27N3O. The highest BCUT2D eigenvalue weighted by molar-refractivity contribution is 5.80. The lowest BCUT2D eigenvalue weighted by molar-refractivity contribution is 0.283. The molecule has 4 heteroatoms. The maximum Gasteiger partial charge on any atom is 0.196 e. The van der Waals surface area contributed by atoms with Crippen LogP contribution in [0.3, 0.4) is 0 Å². The largest absolute Gasteiger partial charge is 0.492 e. The Balaban J connectivity index is 1.87. The summed E-state index contributed by atoms with van der Waals surface area (Å²) in [6.07, 6.45) is 1.13. The van der Waals surface area contributed by atoms with Crippen molar-refractivity contribution in [1.82, 2.24) is 4.90 Å². The zero-order valence-corrected chi connectivity index (χ0v) is 14.8. The molecule has 0 bridgehead atoms. The third-order valence-electron chi connectivity index (χ3n) is 4.15. The third-order valence-corrected chi connectivity index (χ3v) is 4.15. The van der Waals surface area contributed by atoms with Gasteiger partial charge < -0.3 is 15.4 Å². The number of nitrogens with zero attached hydrogens (tertiary/aromatic N) is 2. The lowest BCUT2D eigenvalue weighted by atomic mass is 9.99. The van der Waals surface area contributed by atoms with Gasteiger partial charge in [-0.1, -0.05) is 44.2 Å². The molecule has 0 amide bonds. The molecule has 0 spiro atoms. The number of aliphatic imine (C=N–C) groups is 1. The van der Waals surface area contributed by atoms with Gasteiger partial charge in [0.2, 0.25) is 0 Å². The smallest absolute Gasteiger partial charge is 0.196 e. The Kier molecular flexibility index (Phi) is 6.67. The van der Waals surface area contributed by atoms with Crippen molar-refractivity contribution in [2.75, 3.05) is 20.2 Å². The summed E-state index contributed by atoms with van der Waals surface area (Å²) < 4.78 is 5.68. The molecule has 0 saturated heterocycles. The molecule has 0 saturated carbocycles. The van der Waals surface area contributed by atoms with E-state index < -0.39 is 0 Å². The van der Waals surface area contributed by atoms with Crippen molar-refractivity contribution in [3.05, 3.63) is 60.2 Å².